The lowest BCUT2D eigenvalue weighted by Crippen LogP contribution is -2.51. The molecule has 0 heterocycles. The van der Waals surface area contributed by atoms with E-state index in [0.717, 1.165) is 6.42 Å². The summed E-state index contributed by atoms with van der Waals surface area (Å²) in [6, 6.07) is 0.950. The lowest BCUT2D eigenvalue weighted by atomic mass is 9.85. The summed E-state index contributed by atoms with van der Waals surface area (Å²) in [6.07, 6.45) is 0.941. The molecule has 0 aliphatic carbocycles. The van der Waals surface area contributed by atoms with Crippen molar-refractivity contribution in [1.82, 2.24) is 10.2 Å². The van der Waals surface area contributed by atoms with Gasteiger partial charge in [-0.15, -0.1) is 0 Å². The van der Waals surface area contributed by atoms with E-state index in [1.165, 1.54) is 0 Å². The third-order valence-electron chi connectivity index (χ3n) is 4.26. The first-order chi connectivity index (χ1) is 7.57. The zero-order valence-electron chi connectivity index (χ0n) is 13.0. The Balaban J connectivity index is 4.56. The summed E-state index contributed by atoms with van der Waals surface area (Å²) in [5.74, 6) is 0. The number of aliphatic hydroxyl groups excluding tert-OH is 1. The predicted octanol–water partition coefficient (Wildman–Crippen LogP) is 2.10. The monoisotopic (exact) mass is 244 g/mol. The molecule has 0 bridgehead atoms. The van der Waals surface area contributed by atoms with Gasteiger partial charge in [-0.1, -0.05) is 20.8 Å². The fraction of sp³-hybridized carbons (Fsp3) is 1.00. The number of rotatable bonds is 6. The van der Waals surface area contributed by atoms with E-state index in [-0.39, 0.29) is 17.6 Å². The Morgan fingerprint density at radius 3 is 1.94 bits per heavy atom. The Morgan fingerprint density at radius 1 is 1.18 bits per heavy atom. The van der Waals surface area contributed by atoms with Crippen molar-refractivity contribution in [3.8, 4) is 0 Å². The summed E-state index contributed by atoms with van der Waals surface area (Å²) >= 11 is 0. The van der Waals surface area contributed by atoms with Gasteiger partial charge in [-0.3, -0.25) is 0 Å². The zero-order chi connectivity index (χ0) is 13.9. The molecule has 0 radical (unpaired) electrons. The van der Waals surface area contributed by atoms with Crippen LogP contribution in [0.5, 0.6) is 0 Å². The first-order valence-electron chi connectivity index (χ1n) is 6.59. The number of nitrogens with one attached hydrogen (secondary N) is 1. The van der Waals surface area contributed by atoms with Crippen LogP contribution in [-0.2, 0) is 0 Å². The molecule has 0 saturated carbocycles. The number of hydrogen-bond donors (Lipinski definition) is 2. The predicted molar refractivity (Wildman–Crippen MR) is 75.3 cm³/mol. The van der Waals surface area contributed by atoms with Crippen LogP contribution < -0.4 is 5.32 Å². The fourth-order valence-electron chi connectivity index (χ4n) is 2.03. The van der Waals surface area contributed by atoms with Crippen molar-refractivity contribution in [2.75, 3.05) is 20.7 Å². The molecule has 0 aromatic carbocycles. The fourth-order valence-corrected chi connectivity index (χ4v) is 2.03. The van der Waals surface area contributed by atoms with E-state index in [1.807, 2.05) is 7.05 Å². The molecule has 2 N–H and O–H groups in total. The van der Waals surface area contributed by atoms with E-state index >= 15 is 0 Å². The Labute approximate surface area is 108 Å². The van der Waals surface area contributed by atoms with E-state index in [4.69, 9.17) is 0 Å². The minimum atomic E-state index is -0.189. The second-order valence-electron chi connectivity index (χ2n) is 6.73. The maximum Gasteiger partial charge on any atom is 0.0611 e. The van der Waals surface area contributed by atoms with E-state index in [9.17, 15) is 5.11 Å². The summed E-state index contributed by atoms with van der Waals surface area (Å²) in [4.78, 5) is 2.41. The van der Waals surface area contributed by atoms with Gasteiger partial charge < -0.3 is 15.3 Å². The third-order valence-corrected chi connectivity index (χ3v) is 4.26. The molecule has 104 valence electrons. The number of aliphatic hydroxyl groups is 1. The van der Waals surface area contributed by atoms with Crippen LogP contribution in [0.3, 0.4) is 0 Å². The first-order valence-corrected chi connectivity index (χ1v) is 6.59. The maximum absolute atomic E-state index is 9.43. The quantitative estimate of drug-likeness (QED) is 0.751. The molecule has 3 atom stereocenters. The van der Waals surface area contributed by atoms with E-state index in [0.29, 0.717) is 12.1 Å². The van der Waals surface area contributed by atoms with Crippen molar-refractivity contribution >= 4 is 0 Å². The van der Waals surface area contributed by atoms with E-state index in [1.54, 1.807) is 0 Å². The van der Waals surface area contributed by atoms with Crippen LogP contribution >= 0.6 is 0 Å². The molecular formula is C14H32N2O. The molecular weight excluding hydrogens is 212 g/mol. The molecule has 0 saturated heterocycles. The Bertz CT molecular complexity index is 219. The van der Waals surface area contributed by atoms with Gasteiger partial charge in [0.25, 0.3) is 0 Å². The maximum atomic E-state index is 9.43. The Kier molecular flexibility index (Phi) is 6.12. The van der Waals surface area contributed by atoms with Crippen molar-refractivity contribution in [2.24, 2.45) is 5.41 Å². The first kappa shape index (κ1) is 16.9. The van der Waals surface area contributed by atoms with Gasteiger partial charge in [0, 0.05) is 17.6 Å². The number of nitrogens with zero attached hydrogens (tertiary/aromatic N) is 1. The van der Waals surface area contributed by atoms with Crippen LogP contribution in [0.2, 0.25) is 0 Å². The molecule has 3 heteroatoms. The van der Waals surface area contributed by atoms with Crippen molar-refractivity contribution in [2.45, 2.75) is 65.6 Å². The summed E-state index contributed by atoms with van der Waals surface area (Å²) in [5.41, 5.74) is 0.0869. The van der Waals surface area contributed by atoms with Gasteiger partial charge in [0.2, 0.25) is 0 Å². The molecule has 0 rings (SSSR count). The number of hydrogen-bond acceptors (Lipinski definition) is 3. The van der Waals surface area contributed by atoms with Gasteiger partial charge in [0.05, 0.1) is 6.61 Å². The summed E-state index contributed by atoms with van der Waals surface area (Å²) in [7, 11) is 4.09. The zero-order valence-corrected chi connectivity index (χ0v) is 13.0. The Morgan fingerprint density at radius 2 is 1.65 bits per heavy atom. The third kappa shape index (κ3) is 4.94. The molecule has 17 heavy (non-hydrogen) atoms. The minimum Gasteiger partial charge on any atom is -0.394 e. The van der Waals surface area contributed by atoms with Crippen molar-refractivity contribution in [3.63, 3.8) is 0 Å². The highest BCUT2D eigenvalue weighted by Gasteiger charge is 2.30. The summed E-state index contributed by atoms with van der Waals surface area (Å²) in [6.45, 7) is 13.5. The molecule has 0 aliphatic rings. The highest BCUT2D eigenvalue weighted by Crippen LogP contribution is 2.26. The SMILES string of the molecule is CNC(C)(CO)CC(C)N(C)C(C)C(C)(C)C. The number of likely N-dealkylation sites (N-methyl/N-ethyl adjacent to an activating group) is 1. The van der Waals surface area contributed by atoms with E-state index in [2.05, 4.69) is 58.8 Å². The van der Waals surface area contributed by atoms with Gasteiger partial charge >= 0.3 is 0 Å². The second kappa shape index (κ2) is 6.17. The molecule has 0 aromatic rings. The minimum absolute atomic E-state index is 0.172. The summed E-state index contributed by atoms with van der Waals surface area (Å²) in [5, 5.41) is 12.6. The highest BCUT2D eigenvalue weighted by molar-refractivity contribution is 4.88. The van der Waals surface area contributed by atoms with Gasteiger partial charge in [-0.05, 0) is 46.7 Å². The normalized spacial score (nSPS) is 20.1. The van der Waals surface area contributed by atoms with Gasteiger partial charge in [0.15, 0.2) is 0 Å². The average molecular weight is 244 g/mol. The molecule has 0 amide bonds. The standard InChI is InChI=1S/C14H32N2O/c1-11(9-14(6,10-17)15-7)16(8)12(2)13(3,4)5/h11-12,15,17H,9-10H2,1-8H3. The summed E-state index contributed by atoms with van der Waals surface area (Å²) < 4.78 is 0. The van der Waals surface area contributed by atoms with Gasteiger partial charge in [0.1, 0.15) is 0 Å². The Hall–Kier alpha value is -0.120. The smallest absolute Gasteiger partial charge is 0.0611 e. The van der Waals surface area contributed by atoms with Crippen LogP contribution in [0.15, 0.2) is 0 Å². The highest BCUT2D eigenvalue weighted by atomic mass is 16.3. The molecule has 0 aliphatic heterocycles. The van der Waals surface area contributed by atoms with Crippen molar-refractivity contribution in [3.05, 3.63) is 0 Å². The largest absolute Gasteiger partial charge is 0.394 e. The lowest BCUT2D eigenvalue weighted by Gasteiger charge is -2.41. The lowest BCUT2D eigenvalue weighted by molar-refractivity contribution is 0.0723. The van der Waals surface area contributed by atoms with Crippen molar-refractivity contribution in [1.29, 1.82) is 0 Å². The second-order valence-corrected chi connectivity index (χ2v) is 6.73. The van der Waals surface area contributed by atoms with Crippen LogP contribution in [0, 0.1) is 5.41 Å². The van der Waals surface area contributed by atoms with Crippen LogP contribution in [0.25, 0.3) is 0 Å². The molecule has 0 spiro atoms. The van der Waals surface area contributed by atoms with Gasteiger partial charge in [-0.25, -0.2) is 0 Å². The van der Waals surface area contributed by atoms with Crippen LogP contribution in [-0.4, -0.2) is 48.3 Å². The molecule has 3 nitrogen and oxygen atoms in total. The topological polar surface area (TPSA) is 35.5 Å². The molecule has 0 fully saturated rings. The van der Waals surface area contributed by atoms with Crippen molar-refractivity contribution < 1.29 is 5.11 Å². The molecule has 0 aromatic heterocycles. The van der Waals surface area contributed by atoms with Crippen LogP contribution in [0.1, 0.15) is 48.0 Å². The molecule has 3 unspecified atom stereocenters. The van der Waals surface area contributed by atoms with E-state index < -0.39 is 0 Å². The van der Waals surface area contributed by atoms with Crippen LogP contribution in [0.4, 0.5) is 0 Å². The van der Waals surface area contributed by atoms with Gasteiger partial charge in [-0.2, -0.15) is 0 Å². The average Bonchev–Trinajstić information content (AvgIpc) is 2.25.